The minimum atomic E-state index is -0.130. The van der Waals surface area contributed by atoms with Crippen molar-refractivity contribution in [3.63, 3.8) is 0 Å². The summed E-state index contributed by atoms with van der Waals surface area (Å²) in [6.45, 7) is 0. The van der Waals surface area contributed by atoms with Crippen molar-refractivity contribution in [3.8, 4) is 5.75 Å². The fourth-order valence-corrected chi connectivity index (χ4v) is 1.74. The number of ether oxygens (including phenoxy) is 1. The lowest BCUT2D eigenvalue weighted by Gasteiger charge is -2.22. The molecule has 0 aliphatic heterocycles. The summed E-state index contributed by atoms with van der Waals surface area (Å²) in [5.74, 6) is 0.500. The van der Waals surface area contributed by atoms with Gasteiger partial charge in [0, 0.05) is 6.07 Å². The number of fused-ring (bicyclic) bond motifs is 1. The maximum atomic E-state index is 11.6. The smallest absolute Gasteiger partial charge is 0.314 e. The zero-order chi connectivity index (χ0) is 11.0. The molecule has 0 saturated heterocycles. The molecule has 0 amide bonds. The number of carbonyl (C=O) groups is 1. The van der Waals surface area contributed by atoms with Crippen LogP contribution in [0.5, 0.6) is 5.75 Å². The van der Waals surface area contributed by atoms with Crippen LogP contribution in [0.15, 0.2) is 29.0 Å². The molecule has 4 heteroatoms. The molecule has 0 bridgehead atoms. The molecule has 1 heterocycles. The third kappa shape index (κ3) is 1.56. The van der Waals surface area contributed by atoms with Crippen LogP contribution in [0.3, 0.4) is 0 Å². The number of oxazole rings is 1. The fraction of sp³-hybridized carbons (Fsp3) is 0.333. The van der Waals surface area contributed by atoms with Crippen LogP contribution >= 0.6 is 0 Å². The van der Waals surface area contributed by atoms with Gasteiger partial charge in [0.2, 0.25) is 0 Å². The Morgan fingerprint density at radius 1 is 1.44 bits per heavy atom. The highest BCUT2D eigenvalue weighted by molar-refractivity contribution is 5.79. The van der Waals surface area contributed by atoms with Crippen molar-refractivity contribution in [3.05, 3.63) is 24.6 Å². The molecule has 1 aliphatic carbocycles. The molecule has 1 saturated carbocycles. The Balaban J connectivity index is 1.80. The van der Waals surface area contributed by atoms with Gasteiger partial charge in [0.25, 0.3) is 0 Å². The number of benzene rings is 1. The number of rotatable bonds is 2. The van der Waals surface area contributed by atoms with Crippen LogP contribution in [0.25, 0.3) is 11.1 Å². The second-order valence-corrected chi connectivity index (χ2v) is 4.03. The Labute approximate surface area is 92.2 Å². The maximum absolute atomic E-state index is 11.6. The molecule has 0 spiro atoms. The van der Waals surface area contributed by atoms with Crippen molar-refractivity contribution in [2.24, 2.45) is 5.92 Å². The van der Waals surface area contributed by atoms with Crippen LogP contribution < -0.4 is 4.74 Å². The number of hydrogen-bond donors (Lipinski definition) is 0. The summed E-state index contributed by atoms with van der Waals surface area (Å²) in [7, 11) is 0. The molecule has 1 aromatic heterocycles. The van der Waals surface area contributed by atoms with Gasteiger partial charge in [-0.15, -0.1) is 0 Å². The van der Waals surface area contributed by atoms with Crippen LogP contribution in [0, 0.1) is 5.92 Å². The summed E-state index contributed by atoms with van der Waals surface area (Å²) < 4.78 is 10.4. The molecule has 1 aromatic carbocycles. The van der Waals surface area contributed by atoms with Gasteiger partial charge < -0.3 is 9.15 Å². The molecule has 0 radical (unpaired) electrons. The summed E-state index contributed by atoms with van der Waals surface area (Å²) in [5, 5.41) is 0. The van der Waals surface area contributed by atoms with Crippen LogP contribution in [0.2, 0.25) is 0 Å². The molecule has 0 N–H and O–H groups in total. The predicted octanol–water partition coefficient (Wildman–Crippen LogP) is 2.53. The van der Waals surface area contributed by atoms with Gasteiger partial charge in [0.15, 0.2) is 12.0 Å². The van der Waals surface area contributed by atoms with Crippen LogP contribution in [0.1, 0.15) is 19.3 Å². The van der Waals surface area contributed by atoms with Gasteiger partial charge in [-0.2, -0.15) is 0 Å². The van der Waals surface area contributed by atoms with Crippen molar-refractivity contribution in [2.45, 2.75) is 19.3 Å². The average Bonchev–Trinajstić information content (AvgIpc) is 2.61. The van der Waals surface area contributed by atoms with E-state index < -0.39 is 0 Å². The minimum Gasteiger partial charge on any atom is -0.443 e. The van der Waals surface area contributed by atoms with Crippen molar-refractivity contribution >= 4 is 17.1 Å². The molecule has 16 heavy (non-hydrogen) atoms. The summed E-state index contributed by atoms with van der Waals surface area (Å²) in [6, 6.07) is 5.20. The second kappa shape index (κ2) is 3.63. The lowest BCUT2D eigenvalue weighted by atomic mass is 9.86. The zero-order valence-electron chi connectivity index (χ0n) is 8.68. The largest absolute Gasteiger partial charge is 0.443 e. The maximum Gasteiger partial charge on any atom is 0.314 e. The highest BCUT2D eigenvalue weighted by atomic mass is 16.5. The van der Waals surface area contributed by atoms with E-state index in [1.165, 1.54) is 6.39 Å². The third-order valence-electron chi connectivity index (χ3n) is 2.96. The minimum absolute atomic E-state index is 0.0907. The Kier molecular flexibility index (Phi) is 2.13. The van der Waals surface area contributed by atoms with E-state index in [9.17, 15) is 4.79 Å². The number of hydrogen-bond acceptors (Lipinski definition) is 4. The molecule has 3 rings (SSSR count). The molecular formula is C12H11NO3. The van der Waals surface area contributed by atoms with Gasteiger partial charge in [-0.3, -0.25) is 4.79 Å². The van der Waals surface area contributed by atoms with E-state index in [0.29, 0.717) is 16.8 Å². The van der Waals surface area contributed by atoms with Gasteiger partial charge in [0.1, 0.15) is 11.3 Å². The first-order valence-corrected chi connectivity index (χ1v) is 5.38. The fourth-order valence-electron chi connectivity index (χ4n) is 1.74. The summed E-state index contributed by atoms with van der Waals surface area (Å²) in [6.07, 6.45) is 4.40. The van der Waals surface area contributed by atoms with Crippen LogP contribution in [0.4, 0.5) is 0 Å². The topological polar surface area (TPSA) is 52.3 Å². The molecule has 82 valence electrons. The third-order valence-corrected chi connectivity index (χ3v) is 2.96. The van der Waals surface area contributed by atoms with E-state index in [1.807, 2.05) is 0 Å². The first kappa shape index (κ1) is 9.39. The standard InChI is InChI=1S/C12H11NO3/c14-12(8-2-1-3-8)16-9-4-5-11-10(6-9)13-7-15-11/h4-8H,1-3H2. The molecule has 2 aromatic rings. The van der Waals surface area contributed by atoms with Crippen LogP contribution in [-0.4, -0.2) is 11.0 Å². The summed E-state index contributed by atoms with van der Waals surface area (Å²) in [5.41, 5.74) is 1.40. The van der Waals surface area contributed by atoms with E-state index >= 15 is 0 Å². The number of aromatic nitrogens is 1. The van der Waals surface area contributed by atoms with Crippen LogP contribution in [-0.2, 0) is 4.79 Å². The first-order valence-electron chi connectivity index (χ1n) is 5.38. The van der Waals surface area contributed by atoms with Crippen molar-refractivity contribution < 1.29 is 13.9 Å². The highest BCUT2D eigenvalue weighted by Gasteiger charge is 2.27. The SMILES string of the molecule is O=C(Oc1ccc2ocnc2c1)C1CCC1. The highest BCUT2D eigenvalue weighted by Crippen LogP contribution is 2.28. The monoisotopic (exact) mass is 217 g/mol. The molecule has 0 atom stereocenters. The van der Waals surface area contributed by atoms with E-state index in [2.05, 4.69) is 4.98 Å². The van der Waals surface area contributed by atoms with Gasteiger partial charge >= 0.3 is 5.97 Å². The molecule has 4 nitrogen and oxygen atoms in total. The van der Waals surface area contributed by atoms with Gasteiger partial charge in [-0.1, -0.05) is 6.42 Å². The van der Waals surface area contributed by atoms with E-state index in [-0.39, 0.29) is 11.9 Å². The Hall–Kier alpha value is -1.84. The first-order chi connectivity index (χ1) is 7.83. The van der Waals surface area contributed by atoms with Crippen molar-refractivity contribution in [1.82, 2.24) is 4.98 Å². The molecule has 1 aliphatic rings. The Morgan fingerprint density at radius 3 is 3.06 bits per heavy atom. The van der Waals surface area contributed by atoms with E-state index in [1.54, 1.807) is 18.2 Å². The molecular weight excluding hydrogens is 206 g/mol. The van der Waals surface area contributed by atoms with Crippen molar-refractivity contribution in [2.75, 3.05) is 0 Å². The average molecular weight is 217 g/mol. The lowest BCUT2D eigenvalue weighted by molar-refractivity contribution is -0.141. The predicted molar refractivity (Wildman–Crippen MR) is 57.0 cm³/mol. The van der Waals surface area contributed by atoms with E-state index in [0.717, 1.165) is 19.3 Å². The number of nitrogens with zero attached hydrogens (tertiary/aromatic N) is 1. The summed E-state index contributed by atoms with van der Waals surface area (Å²) >= 11 is 0. The Bertz CT molecular complexity index is 528. The van der Waals surface area contributed by atoms with E-state index in [4.69, 9.17) is 9.15 Å². The quantitative estimate of drug-likeness (QED) is 0.573. The summed E-state index contributed by atoms with van der Waals surface area (Å²) in [4.78, 5) is 15.6. The lowest BCUT2D eigenvalue weighted by Crippen LogP contribution is -2.26. The normalized spacial score (nSPS) is 16.0. The zero-order valence-corrected chi connectivity index (χ0v) is 8.68. The van der Waals surface area contributed by atoms with Gasteiger partial charge in [0.05, 0.1) is 5.92 Å². The molecule has 0 unspecified atom stereocenters. The Morgan fingerprint density at radius 2 is 2.31 bits per heavy atom. The van der Waals surface area contributed by atoms with Crippen molar-refractivity contribution in [1.29, 1.82) is 0 Å². The van der Waals surface area contributed by atoms with Gasteiger partial charge in [-0.05, 0) is 25.0 Å². The second-order valence-electron chi connectivity index (χ2n) is 4.03. The number of esters is 1. The van der Waals surface area contributed by atoms with Gasteiger partial charge in [-0.25, -0.2) is 4.98 Å². The number of carbonyl (C=O) groups excluding carboxylic acids is 1. The molecule has 1 fully saturated rings.